The van der Waals surface area contributed by atoms with E-state index in [9.17, 15) is 19.7 Å². The third kappa shape index (κ3) is 2.95. The average molecular weight is 411 g/mol. The molecule has 1 aliphatic heterocycles. The molecule has 1 saturated heterocycles. The predicted molar refractivity (Wildman–Crippen MR) is 93.7 cm³/mol. The molecular formula is C17H16ClFN4O5. The molecule has 2 aromatic heterocycles. The van der Waals surface area contributed by atoms with Crippen LogP contribution in [0.25, 0.3) is 11.0 Å². The van der Waals surface area contributed by atoms with Gasteiger partial charge in [-0.1, -0.05) is 28.9 Å². The van der Waals surface area contributed by atoms with Crippen LogP contribution in [0.15, 0.2) is 41.9 Å². The first-order valence-electron chi connectivity index (χ1n) is 8.29. The quantitative estimate of drug-likeness (QED) is 0.320. The Hall–Kier alpha value is -2.50. The number of aliphatic hydroxyl groups is 3. The summed E-state index contributed by atoms with van der Waals surface area (Å²) in [5.41, 5.74) is 0.302. The fraction of sp³-hybridized carbons (Fsp3) is 0.294. The Morgan fingerprint density at radius 2 is 1.96 bits per heavy atom. The maximum Gasteiger partial charge on any atom is 0.206 e. The van der Waals surface area contributed by atoms with Crippen molar-refractivity contribution >= 4 is 22.6 Å². The second-order valence-corrected chi connectivity index (χ2v) is 6.84. The van der Waals surface area contributed by atoms with E-state index in [0.717, 1.165) is 6.20 Å². The van der Waals surface area contributed by atoms with Crippen molar-refractivity contribution in [3.8, 4) is 0 Å². The molecule has 148 valence electrons. The van der Waals surface area contributed by atoms with Crippen LogP contribution in [0.4, 0.5) is 4.39 Å². The smallest absolute Gasteiger partial charge is 0.206 e. The first-order valence-corrected chi connectivity index (χ1v) is 8.67. The van der Waals surface area contributed by atoms with Crippen LogP contribution in [0.3, 0.4) is 0 Å². The zero-order valence-corrected chi connectivity index (χ0v) is 14.9. The standard InChI is InChI=1S/C17H16ClFN4O5/c18-8-3-1-7(2-4-8)11(24)14-12(25)13(26)17(28-14)23-5-9(19)10-15(22-27)20-6-21-16(10)23/h1-6,11-14,17,24-27H,(H,20,21,22)/t11-,12+,13-,14-,17-/m1/s1. The number of aromatic amines is 1. The van der Waals surface area contributed by atoms with Crippen molar-refractivity contribution in [3.63, 3.8) is 0 Å². The maximum atomic E-state index is 14.4. The zero-order valence-electron chi connectivity index (χ0n) is 14.1. The van der Waals surface area contributed by atoms with Gasteiger partial charge in [-0.05, 0) is 17.7 Å². The molecule has 0 aliphatic carbocycles. The summed E-state index contributed by atoms with van der Waals surface area (Å²) in [6.45, 7) is 0. The second-order valence-electron chi connectivity index (χ2n) is 6.40. The van der Waals surface area contributed by atoms with Gasteiger partial charge in [0.2, 0.25) is 5.49 Å². The topological polar surface area (TPSA) is 136 Å². The SMILES string of the molecule is O/N=c1\nc[nH]c2c1c(F)cn2[C@@H]1O[C@H]([C@H](O)c2ccc(Cl)cc2)[C@@H](O)[C@H]1O. The maximum absolute atomic E-state index is 14.4. The van der Waals surface area contributed by atoms with Crippen molar-refractivity contribution in [3.05, 3.63) is 58.7 Å². The van der Waals surface area contributed by atoms with E-state index in [4.69, 9.17) is 21.5 Å². The molecule has 28 heavy (non-hydrogen) atoms. The lowest BCUT2D eigenvalue weighted by Crippen LogP contribution is -2.34. The molecule has 1 fully saturated rings. The first kappa shape index (κ1) is 18.8. The van der Waals surface area contributed by atoms with Crippen molar-refractivity contribution in [2.24, 2.45) is 5.16 Å². The summed E-state index contributed by atoms with van der Waals surface area (Å²) in [5, 5.41) is 43.7. The fourth-order valence-electron chi connectivity index (χ4n) is 3.37. The van der Waals surface area contributed by atoms with Crippen LogP contribution >= 0.6 is 11.6 Å². The number of rotatable bonds is 3. The fourth-order valence-corrected chi connectivity index (χ4v) is 3.50. The molecule has 5 atom stereocenters. The van der Waals surface area contributed by atoms with Gasteiger partial charge in [0, 0.05) is 11.2 Å². The van der Waals surface area contributed by atoms with Gasteiger partial charge in [-0.3, -0.25) is 0 Å². The average Bonchev–Trinajstić information content (AvgIpc) is 3.19. The molecule has 11 heteroatoms. The van der Waals surface area contributed by atoms with E-state index in [2.05, 4.69) is 15.1 Å². The van der Waals surface area contributed by atoms with E-state index >= 15 is 0 Å². The number of hydrogen-bond acceptors (Lipinski definition) is 7. The number of H-pyrrole nitrogens is 1. The molecule has 0 radical (unpaired) electrons. The normalized spacial score (nSPS) is 26.8. The van der Waals surface area contributed by atoms with Crippen LogP contribution in [0.1, 0.15) is 17.9 Å². The summed E-state index contributed by atoms with van der Waals surface area (Å²) in [5.74, 6) is -0.765. The summed E-state index contributed by atoms with van der Waals surface area (Å²) in [7, 11) is 0. The lowest BCUT2D eigenvalue weighted by Gasteiger charge is -2.21. The summed E-state index contributed by atoms with van der Waals surface area (Å²) < 4.78 is 21.3. The van der Waals surface area contributed by atoms with E-state index in [0.29, 0.717) is 10.6 Å². The molecule has 3 aromatic rings. The van der Waals surface area contributed by atoms with E-state index < -0.39 is 36.5 Å². The molecule has 9 nitrogen and oxygen atoms in total. The number of fused-ring (bicyclic) bond motifs is 1. The molecule has 0 bridgehead atoms. The third-order valence-corrected chi connectivity index (χ3v) is 5.02. The van der Waals surface area contributed by atoms with Gasteiger partial charge in [0.1, 0.15) is 35.4 Å². The Morgan fingerprint density at radius 1 is 1.25 bits per heavy atom. The summed E-state index contributed by atoms with van der Waals surface area (Å²) in [6.07, 6.45) is -4.34. The van der Waals surface area contributed by atoms with Gasteiger partial charge in [-0.25, -0.2) is 9.37 Å². The molecule has 5 N–H and O–H groups in total. The first-order chi connectivity index (χ1) is 13.4. The van der Waals surface area contributed by atoms with Crippen molar-refractivity contribution in [2.75, 3.05) is 0 Å². The van der Waals surface area contributed by atoms with Gasteiger partial charge < -0.3 is 34.8 Å². The van der Waals surface area contributed by atoms with Crippen molar-refractivity contribution in [1.29, 1.82) is 0 Å². The van der Waals surface area contributed by atoms with Crippen molar-refractivity contribution in [1.82, 2.24) is 14.5 Å². The Morgan fingerprint density at radius 3 is 2.64 bits per heavy atom. The number of nitrogens with one attached hydrogen (secondary N) is 1. The highest BCUT2D eigenvalue weighted by molar-refractivity contribution is 6.30. The zero-order chi connectivity index (χ0) is 20.0. The van der Waals surface area contributed by atoms with Gasteiger partial charge >= 0.3 is 0 Å². The Balaban J connectivity index is 1.71. The van der Waals surface area contributed by atoms with E-state index in [1.807, 2.05) is 0 Å². The summed E-state index contributed by atoms with van der Waals surface area (Å²) >= 11 is 5.84. The minimum atomic E-state index is -1.46. The Kier molecular flexibility index (Phi) is 4.81. The van der Waals surface area contributed by atoms with E-state index in [1.165, 1.54) is 10.9 Å². The van der Waals surface area contributed by atoms with Crippen LogP contribution < -0.4 is 5.49 Å². The second kappa shape index (κ2) is 7.15. The van der Waals surface area contributed by atoms with E-state index in [-0.39, 0.29) is 16.5 Å². The van der Waals surface area contributed by atoms with Gasteiger partial charge in [0.15, 0.2) is 12.0 Å². The highest BCUT2D eigenvalue weighted by Crippen LogP contribution is 2.37. The molecule has 3 heterocycles. The predicted octanol–water partition coefficient (Wildman–Crippen LogP) is 0.800. The van der Waals surface area contributed by atoms with Crippen LogP contribution in [0, 0.1) is 5.82 Å². The van der Waals surface area contributed by atoms with Gasteiger partial charge in [-0.15, -0.1) is 0 Å². The number of aromatic nitrogens is 3. The highest BCUT2D eigenvalue weighted by atomic mass is 35.5. The van der Waals surface area contributed by atoms with Crippen LogP contribution in [0.2, 0.25) is 5.02 Å². The third-order valence-electron chi connectivity index (χ3n) is 4.76. The molecule has 4 rings (SSSR count). The number of nitrogens with zero attached hydrogens (tertiary/aromatic N) is 3. The molecule has 0 amide bonds. The van der Waals surface area contributed by atoms with Gasteiger partial charge in [0.05, 0.1) is 6.33 Å². The number of halogens is 2. The number of hydrogen-bond donors (Lipinski definition) is 5. The monoisotopic (exact) mass is 410 g/mol. The number of ether oxygens (including phenoxy) is 1. The lowest BCUT2D eigenvalue weighted by atomic mass is 9.99. The number of aliphatic hydroxyl groups excluding tert-OH is 3. The number of benzene rings is 1. The van der Waals surface area contributed by atoms with Crippen LogP contribution in [-0.2, 0) is 4.74 Å². The summed E-state index contributed by atoms with van der Waals surface area (Å²) in [4.78, 5) is 6.42. The molecular weight excluding hydrogens is 395 g/mol. The van der Waals surface area contributed by atoms with Crippen molar-refractivity contribution < 1.29 is 29.7 Å². The molecule has 0 spiro atoms. The highest BCUT2D eigenvalue weighted by Gasteiger charge is 2.47. The molecule has 0 unspecified atom stereocenters. The van der Waals surface area contributed by atoms with Gasteiger partial charge in [0.25, 0.3) is 0 Å². The minimum Gasteiger partial charge on any atom is -0.409 e. The Labute approximate surface area is 161 Å². The van der Waals surface area contributed by atoms with Crippen LogP contribution in [-0.4, -0.2) is 53.4 Å². The molecule has 1 aliphatic rings. The Bertz CT molecular complexity index is 1070. The minimum absolute atomic E-state index is 0.114. The molecule has 1 aromatic carbocycles. The van der Waals surface area contributed by atoms with Gasteiger partial charge in [-0.2, -0.15) is 0 Å². The van der Waals surface area contributed by atoms with E-state index in [1.54, 1.807) is 24.3 Å². The summed E-state index contributed by atoms with van der Waals surface area (Å²) in [6, 6.07) is 6.29. The van der Waals surface area contributed by atoms with Crippen LogP contribution in [0.5, 0.6) is 0 Å². The van der Waals surface area contributed by atoms with Crippen molar-refractivity contribution in [2.45, 2.75) is 30.6 Å². The lowest BCUT2D eigenvalue weighted by molar-refractivity contribution is -0.0849. The largest absolute Gasteiger partial charge is 0.409 e. The molecule has 0 saturated carbocycles.